The summed E-state index contributed by atoms with van der Waals surface area (Å²) in [4.78, 5) is 61.1. The molecule has 15 heteroatoms. The largest absolute Gasteiger partial charge is 0.497 e. The van der Waals surface area contributed by atoms with Crippen LogP contribution in [0.15, 0.2) is 78.9 Å². The Labute approximate surface area is 408 Å². The molecule has 0 fully saturated rings. The van der Waals surface area contributed by atoms with E-state index < -0.39 is 28.7 Å². The second-order valence-electron chi connectivity index (χ2n) is 19.7. The summed E-state index contributed by atoms with van der Waals surface area (Å²) in [5.74, 6) is 0.987. The molecule has 69 heavy (non-hydrogen) atoms. The van der Waals surface area contributed by atoms with Gasteiger partial charge in [-0.2, -0.15) is 0 Å². The maximum Gasteiger partial charge on any atom is 0.320 e. The third-order valence-corrected chi connectivity index (χ3v) is 10.1. The highest BCUT2D eigenvalue weighted by molar-refractivity contribution is 5.73. The molecular formula is C54H73N3O12. The van der Waals surface area contributed by atoms with E-state index in [1.54, 1.807) is 14.2 Å². The van der Waals surface area contributed by atoms with Crippen molar-refractivity contribution in [2.45, 2.75) is 131 Å². The van der Waals surface area contributed by atoms with Crippen molar-refractivity contribution in [3.05, 3.63) is 113 Å². The van der Waals surface area contributed by atoms with Gasteiger partial charge in [-0.05, 0) is 128 Å². The molecular weight excluding hydrogens is 883 g/mol. The molecule has 0 unspecified atom stereocenters. The van der Waals surface area contributed by atoms with Crippen molar-refractivity contribution in [2.24, 2.45) is 0 Å². The van der Waals surface area contributed by atoms with Crippen LogP contribution in [0.5, 0.6) is 23.0 Å². The number of carbonyl (C=O) groups is 4. The van der Waals surface area contributed by atoms with Gasteiger partial charge in [0.1, 0.15) is 53.0 Å². The molecule has 376 valence electrons. The molecule has 4 aromatic rings. The van der Waals surface area contributed by atoms with Gasteiger partial charge in [-0.15, -0.1) is 0 Å². The molecule has 0 N–H and O–H groups in total. The van der Waals surface area contributed by atoms with Gasteiger partial charge in [0.2, 0.25) is 0 Å². The normalized spacial score (nSPS) is 11.8. The lowest BCUT2D eigenvalue weighted by Crippen LogP contribution is -2.42. The van der Waals surface area contributed by atoms with E-state index in [0.717, 1.165) is 33.8 Å². The lowest BCUT2D eigenvalue weighted by molar-refractivity contribution is -0.158. The Bertz CT molecular complexity index is 2280. The molecule has 0 amide bonds. The van der Waals surface area contributed by atoms with Crippen LogP contribution in [0.3, 0.4) is 0 Å². The van der Waals surface area contributed by atoms with Crippen LogP contribution in [0.2, 0.25) is 0 Å². The van der Waals surface area contributed by atoms with Gasteiger partial charge in [0.25, 0.3) is 0 Å². The topological polar surface area (TPSA) is 161 Å². The molecule has 0 aliphatic rings. The van der Waals surface area contributed by atoms with Crippen LogP contribution in [0, 0.1) is 0 Å². The number of rotatable bonds is 25. The fourth-order valence-electron chi connectivity index (χ4n) is 6.98. The van der Waals surface area contributed by atoms with Crippen molar-refractivity contribution >= 4 is 23.9 Å². The quantitative estimate of drug-likeness (QED) is 0.0458. The summed E-state index contributed by atoms with van der Waals surface area (Å²) in [5, 5.41) is 0. The summed E-state index contributed by atoms with van der Waals surface area (Å²) >= 11 is 0. The van der Waals surface area contributed by atoms with Crippen LogP contribution in [-0.4, -0.2) is 103 Å². The molecule has 0 aliphatic heterocycles. The molecule has 0 aliphatic carbocycles. The standard InChI is InChI=1S/C54H73N3O12/c1-52(2,3)67-49(59)28-20-42-19-26-47(66-37-40-15-23-44(63-11)24-16-40)45(55-42)33-57(35-51(61)69-54(7,8)9)30-29-56(34-50(60)68-53(4,5)6)32-41-31-38(18-27-48(58)64-12)17-25-46(41)65-36-39-13-21-43(62-10)22-14-39/h13-17,19,21-26,31H,18,20,27-30,32-37H2,1-12H3. The molecule has 3 aromatic carbocycles. The zero-order valence-electron chi connectivity index (χ0n) is 42.7. The van der Waals surface area contributed by atoms with Crippen molar-refractivity contribution in [1.29, 1.82) is 0 Å². The zero-order chi connectivity index (χ0) is 50.8. The van der Waals surface area contributed by atoms with Gasteiger partial charge >= 0.3 is 23.9 Å². The Morgan fingerprint density at radius 2 is 0.957 bits per heavy atom. The minimum Gasteiger partial charge on any atom is -0.497 e. The number of nitrogens with zero attached hydrogens (tertiary/aromatic N) is 3. The lowest BCUT2D eigenvalue weighted by atomic mass is 10.0. The van der Waals surface area contributed by atoms with Crippen molar-refractivity contribution < 1.29 is 57.1 Å². The van der Waals surface area contributed by atoms with Gasteiger partial charge in [-0.25, -0.2) is 0 Å². The van der Waals surface area contributed by atoms with Crippen molar-refractivity contribution in [3.8, 4) is 23.0 Å². The van der Waals surface area contributed by atoms with Crippen molar-refractivity contribution in [3.63, 3.8) is 0 Å². The van der Waals surface area contributed by atoms with E-state index >= 15 is 0 Å². The Kier molecular flexibility index (Phi) is 20.9. The van der Waals surface area contributed by atoms with Gasteiger partial charge in [0.15, 0.2) is 0 Å². The zero-order valence-corrected chi connectivity index (χ0v) is 42.7. The maximum atomic E-state index is 13.7. The first-order chi connectivity index (χ1) is 32.5. The Morgan fingerprint density at radius 1 is 0.507 bits per heavy atom. The van der Waals surface area contributed by atoms with E-state index in [1.165, 1.54) is 7.11 Å². The highest BCUT2D eigenvalue weighted by Gasteiger charge is 2.25. The van der Waals surface area contributed by atoms with Crippen LogP contribution < -0.4 is 18.9 Å². The van der Waals surface area contributed by atoms with Crippen LogP contribution in [0.1, 0.15) is 109 Å². The van der Waals surface area contributed by atoms with E-state index in [4.69, 9.17) is 42.9 Å². The summed E-state index contributed by atoms with van der Waals surface area (Å²) in [5.41, 5.74) is 2.56. The second kappa shape index (κ2) is 26.0. The van der Waals surface area contributed by atoms with Crippen molar-refractivity contribution in [2.75, 3.05) is 47.5 Å². The van der Waals surface area contributed by atoms with Gasteiger partial charge in [0, 0.05) is 50.3 Å². The summed E-state index contributed by atoms with van der Waals surface area (Å²) in [6, 6.07) is 24.6. The molecule has 0 saturated carbocycles. The van der Waals surface area contributed by atoms with Crippen LogP contribution in [0.25, 0.3) is 0 Å². The number of methoxy groups -OCH3 is 3. The fourth-order valence-corrected chi connectivity index (χ4v) is 6.98. The third kappa shape index (κ3) is 21.3. The summed E-state index contributed by atoms with van der Waals surface area (Å²) in [6.45, 7) is 17.6. The molecule has 1 heterocycles. The Morgan fingerprint density at radius 3 is 1.45 bits per heavy atom. The molecule has 0 spiro atoms. The van der Waals surface area contributed by atoms with E-state index in [1.807, 2.05) is 151 Å². The van der Waals surface area contributed by atoms with Gasteiger partial charge in [-0.1, -0.05) is 36.4 Å². The molecule has 4 rings (SSSR count). The highest BCUT2D eigenvalue weighted by Crippen LogP contribution is 2.27. The molecule has 0 radical (unpaired) electrons. The SMILES string of the molecule is COC(=O)CCc1ccc(OCc2ccc(OC)cc2)c(CN(CCN(CC(=O)OC(C)(C)C)Cc2nc(CCC(=O)OC(C)(C)C)ccc2OCc2ccc(OC)cc2)CC(=O)OC(C)(C)C)c1. The number of aromatic nitrogens is 1. The molecule has 0 atom stereocenters. The number of pyridine rings is 1. The fraction of sp³-hybridized carbons (Fsp3) is 0.500. The average molecular weight is 956 g/mol. The predicted molar refractivity (Wildman–Crippen MR) is 262 cm³/mol. The third-order valence-electron chi connectivity index (χ3n) is 10.1. The van der Waals surface area contributed by atoms with Gasteiger partial charge < -0.3 is 37.9 Å². The summed E-state index contributed by atoms with van der Waals surface area (Å²) in [6.07, 6.45) is 1.05. The van der Waals surface area contributed by atoms with Gasteiger partial charge in [0.05, 0.1) is 46.5 Å². The maximum absolute atomic E-state index is 13.7. The smallest absolute Gasteiger partial charge is 0.320 e. The van der Waals surface area contributed by atoms with E-state index in [9.17, 15) is 19.2 Å². The monoisotopic (exact) mass is 956 g/mol. The molecule has 1 aromatic heterocycles. The van der Waals surface area contributed by atoms with E-state index in [2.05, 4.69) is 0 Å². The average Bonchev–Trinajstić information content (AvgIpc) is 3.27. The van der Waals surface area contributed by atoms with Crippen molar-refractivity contribution in [1.82, 2.24) is 14.8 Å². The number of carbonyl (C=O) groups excluding carboxylic acids is 4. The van der Waals surface area contributed by atoms with E-state index in [-0.39, 0.29) is 77.3 Å². The molecule has 0 saturated heterocycles. The first-order valence-electron chi connectivity index (χ1n) is 23.3. The first-order valence-corrected chi connectivity index (χ1v) is 23.3. The number of aryl methyl sites for hydroxylation is 2. The van der Waals surface area contributed by atoms with Crippen LogP contribution in [-0.2, 0) is 77.3 Å². The molecule has 0 bridgehead atoms. The Balaban J connectivity index is 1.71. The predicted octanol–water partition coefficient (Wildman–Crippen LogP) is 8.62. The lowest BCUT2D eigenvalue weighted by Gasteiger charge is -2.30. The highest BCUT2D eigenvalue weighted by atomic mass is 16.6. The first kappa shape index (κ1) is 55.4. The van der Waals surface area contributed by atoms with Gasteiger partial charge in [-0.3, -0.25) is 34.0 Å². The number of hydrogen-bond acceptors (Lipinski definition) is 15. The Hall–Kier alpha value is -6.19. The second-order valence-corrected chi connectivity index (χ2v) is 19.7. The minimum atomic E-state index is -0.751. The summed E-state index contributed by atoms with van der Waals surface area (Å²) in [7, 11) is 4.58. The van der Waals surface area contributed by atoms with Crippen LogP contribution >= 0.6 is 0 Å². The minimum absolute atomic E-state index is 0.0868. The number of hydrogen-bond donors (Lipinski definition) is 0. The molecule has 15 nitrogen and oxygen atoms in total. The number of ether oxygens (including phenoxy) is 8. The van der Waals surface area contributed by atoms with Crippen LogP contribution in [0.4, 0.5) is 0 Å². The number of benzene rings is 3. The number of esters is 4. The summed E-state index contributed by atoms with van der Waals surface area (Å²) < 4.78 is 45.7. The van der Waals surface area contributed by atoms with E-state index in [0.29, 0.717) is 35.7 Å².